The second-order valence-electron chi connectivity index (χ2n) is 9.19. The van der Waals surface area contributed by atoms with E-state index in [4.69, 9.17) is 0 Å². The molecule has 0 unspecified atom stereocenters. The molecule has 1 saturated heterocycles. The lowest BCUT2D eigenvalue weighted by Crippen LogP contribution is -2.39. The van der Waals surface area contributed by atoms with Crippen molar-refractivity contribution in [2.24, 2.45) is 0 Å². The van der Waals surface area contributed by atoms with Gasteiger partial charge in [-0.25, -0.2) is 0 Å². The molecule has 1 saturated carbocycles. The molecule has 7 heteroatoms. The highest BCUT2D eigenvalue weighted by Gasteiger charge is 2.24. The van der Waals surface area contributed by atoms with Crippen LogP contribution in [0.5, 0.6) is 0 Å². The highest BCUT2D eigenvalue weighted by molar-refractivity contribution is 8.00. The molecule has 0 bridgehead atoms. The minimum absolute atomic E-state index is 0.106. The van der Waals surface area contributed by atoms with Crippen molar-refractivity contribution in [2.75, 3.05) is 29.6 Å². The number of hydrogen-bond acceptors (Lipinski definition) is 4. The summed E-state index contributed by atoms with van der Waals surface area (Å²) in [4.78, 5) is 42.4. The molecule has 2 aromatic rings. The largest absolute Gasteiger partial charge is 0.342 e. The molecule has 0 atom stereocenters. The number of nitrogens with zero attached hydrogens (tertiary/aromatic N) is 2. The zero-order chi connectivity index (χ0) is 24.1. The van der Waals surface area contributed by atoms with Gasteiger partial charge in [0.2, 0.25) is 11.8 Å². The second kappa shape index (κ2) is 11.1. The van der Waals surface area contributed by atoms with E-state index in [0.29, 0.717) is 29.5 Å². The van der Waals surface area contributed by atoms with Crippen molar-refractivity contribution in [3.05, 3.63) is 53.6 Å². The molecule has 4 rings (SSSR count). The standard InChI is InChI=1S/C27H33N3O3S/c1-19-17-20(14-15-23(19)30-16-8-13-25(30)31)28-27(33)22-11-6-7-12-24(22)34-18-26(32)29(2)21-9-4-3-5-10-21/h6-7,11-12,14-15,17,21H,3-5,8-10,13,16,18H2,1-2H3,(H,28,33). The van der Waals surface area contributed by atoms with Crippen LogP contribution in [-0.4, -0.2) is 48.0 Å². The van der Waals surface area contributed by atoms with E-state index in [1.807, 2.05) is 60.2 Å². The molecule has 34 heavy (non-hydrogen) atoms. The van der Waals surface area contributed by atoms with Gasteiger partial charge < -0.3 is 15.1 Å². The summed E-state index contributed by atoms with van der Waals surface area (Å²) in [6.07, 6.45) is 7.26. The van der Waals surface area contributed by atoms with Crippen molar-refractivity contribution in [2.45, 2.75) is 62.8 Å². The zero-order valence-electron chi connectivity index (χ0n) is 20.0. The van der Waals surface area contributed by atoms with Gasteiger partial charge in [-0.3, -0.25) is 14.4 Å². The van der Waals surface area contributed by atoms with E-state index in [-0.39, 0.29) is 17.7 Å². The van der Waals surface area contributed by atoms with E-state index >= 15 is 0 Å². The summed E-state index contributed by atoms with van der Waals surface area (Å²) in [5.74, 6) is 0.361. The molecule has 1 aliphatic heterocycles. The lowest BCUT2D eigenvalue weighted by atomic mass is 9.94. The number of amides is 3. The third kappa shape index (κ3) is 5.63. The molecule has 180 valence electrons. The molecule has 0 spiro atoms. The summed E-state index contributed by atoms with van der Waals surface area (Å²) in [5.41, 5.74) is 3.09. The van der Waals surface area contributed by atoms with Gasteiger partial charge in [-0.2, -0.15) is 0 Å². The van der Waals surface area contributed by atoms with Gasteiger partial charge in [0.25, 0.3) is 5.91 Å². The third-order valence-electron chi connectivity index (χ3n) is 6.82. The van der Waals surface area contributed by atoms with E-state index in [1.165, 1.54) is 31.0 Å². The first-order chi connectivity index (χ1) is 16.4. The van der Waals surface area contributed by atoms with Crippen molar-refractivity contribution in [1.29, 1.82) is 0 Å². The van der Waals surface area contributed by atoms with Crippen LogP contribution in [0.1, 0.15) is 60.9 Å². The van der Waals surface area contributed by atoms with Crippen molar-refractivity contribution in [3.8, 4) is 0 Å². The quantitative estimate of drug-likeness (QED) is 0.550. The van der Waals surface area contributed by atoms with Crippen LogP contribution in [0, 0.1) is 6.92 Å². The van der Waals surface area contributed by atoms with Crippen molar-refractivity contribution in [1.82, 2.24) is 4.90 Å². The molecule has 0 radical (unpaired) electrons. The Morgan fingerprint density at radius 3 is 2.56 bits per heavy atom. The minimum atomic E-state index is -0.208. The van der Waals surface area contributed by atoms with Crippen LogP contribution in [0.4, 0.5) is 11.4 Å². The Morgan fingerprint density at radius 2 is 1.85 bits per heavy atom. The molecule has 3 amide bonds. The number of anilines is 2. The smallest absolute Gasteiger partial charge is 0.256 e. The maximum absolute atomic E-state index is 13.1. The number of carbonyl (C=O) groups is 3. The fourth-order valence-electron chi connectivity index (χ4n) is 4.83. The van der Waals surface area contributed by atoms with Crippen LogP contribution in [0.25, 0.3) is 0 Å². The SMILES string of the molecule is Cc1cc(NC(=O)c2ccccc2SCC(=O)N(C)C2CCCCC2)ccc1N1CCCC1=O. The Bertz CT molecular complexity index is 1060. The predicted molar refractivity (Wildman–Crippen MR) is 138 cm³/mol. The number of nitrogens with one attached hydrogen (secondary N) is 1. The van der Waals surface area contributed by atoms with Gasteiger partial charge >= 0.3 is 0 Å². The molecule has 1 heterocycles. The summed E-state index contributed by atoms with van der Waals surface area (Å²) in [6, 6.07) is 13.4. The third-order valence-corrected chi connectivity index (χ3v) is 7.88. The summed E-state index contributed by atoms with van der Waals surface area (Å²) in [5, 5.41) is 2.98. The highest BCUT2D eigenvalue weighted by Crippen LogP contribution is 2.29. The lowest BCUT2D eigenvalue weighted by Gasteiger charge is -2.31. The van der Waals surface area contributed by atoms with Crippen LogP contribution in [0.15, 0.2) is 47.4 Å². The van der Waals surface area contributed by atoms with E-state index in [2.05, 4.69) is 5.32 Å². The molecular weight excluding hydrogens is 446 g/mol. The number of carbonyl (C=O) groups excluding carboxylic acids is 3. The van der Waals surface area contributed by atoms with E-state index in [0.717, 1.165) is 42.0 Å². The fraction of sp³-hybridized carbons (Fsp3) is 0.444. The number of thioether (sulfide) groups is 1. The average Bonchev–Trinajstić information content (AvgIpc) is 3.28. The van der Waals surface area contributed by atoms with Crippen LogP contribution >= 0.6 is 11.8 Å². The molecule has 0 aromatic heterocycles. The Labute approximate surface area is 206 Å². The maximum atomic E-state index is 13.1. The first-order valence-electron chi connectivity index (χ1n) is 12.1. The van der Waals surface area contributed by atoms with Gasteiger partial charge in [0, 0.05) is 42.3 Å². The lowest BCUT2D eigenvalue weighted by molar-refractivity contribution is -0.129. The van der Waals surface area contributed by atoms with Crippen LogP contribution < -0.4 is 10.2 Å². The van der Waals surface area contributed by atoms with Crippen LogP contribution in [0.2, 0.25) is 0 Å². The molecule has 6 nitrogen and oxygen atoms in total. The Hall–Kier alpha value is -2.80. The van der Waals surface area contributed by atoms with Gasteiger partial charge in [-0.1, -0.05) is 31.4 Å². The summed E-state index contributed by atoms with van der Waals surface area (Å²) in [7, 11) is 1.90. The summed E-state index contributed by atoms with van der Waals surface area (Å²) in [6.45, 7) is 2.69. The molecule has 2 aromatic carbocycles. The second-order valence-corrected chi connectivity index (χ2v) is 10.2. The van der Waals surface area contributed by atoms with Gasteiger partial charge in [0.1, 0.15) is 0 Å². The van der Waals surface area contributed by atoms with E-state index in [1.54, 1.807) is 6.07 Å². The first-order valence-corrected chi connectivity index (χ1v) is 13.1. The van der Waals surface area contributed by atoms with E-state index in [9.17, 15) is 14.4 Å². The maximum Gasteiger partial charge on any atom is 0.256 e. The molecule has 2 aliphatic rings. The average molecular weight is 480 g/mol. The first kappa shape index (κ1) is 24.3. The number of hydrogen-bond donors (Lipinski definition) is 1. The summed E-state index contributed by atoms with van der Waals surface area (Å²) < 4.78 is 0. The van der Waals surface area contributed by atoms with Crippen molar-refractivity contribution >= 4 is 40.9 Å². The Kier molecular flexibility index (Phi) is 7.93. The van der Waals surface area contributed by atoms with Crippen LogP contribution in [0.3, 0.4) is 0 Å². The topological polar surface area (TPSA) is 69.7 Å². The van der Waals surface area contributed by atoms with Crippen LogP contribution in [-0.2, 0) is 9.59 Å². The van der Waals surface area contributed by atoms with Gasteiger partial charge in [-0.15, -0.1) is 11.8 Å². The predicted octanol–water partition coefficient (Wildman–Crippen LogP) is 5.26. The normalized spacial score (nSPS) is 16.5. The summed E-state index contributed by atoms with van der Waals surface area (Å²) >= 11 is 1.41. The Morgan fingerprint density at radius 1 is 1.09 bits per heavy atom. The van der Waals surface area contributed by atoms with Crippen molar-refractivity contribution in [3.63, 3.8) is 0 Å². The highest BCUT2D eigenvalue weighted by atomic mass is 32.2. The van der Waals surface area contributed by atoms with Gasteiger partial charge in [0.05, 0.1) is 11.3 Å². The molecule has 1 aliphatic carbocycles. The number of aryl methyl sites for hydroxylation is 1. The number of benzene rings is 2. The fourth-order valence-corrected chi connectivity index (χ4v) is 5.80. The molecule has 2 fully saturated rings. The van der Waals surface area contributed by atoms with Gasteiger partial charge in [-0.05, 0) is 62.1 Å². The number of rotatable bonds is 7. The van der Waals surface area contributed by atoms with Gasteiger partial charge in [0.15, 0.2) is 0 Å². The monoisotopic (exact) mass is 479 g/mol. The Balaban J connectivity index is 1.40. The zero-order valence-corrected chi connectivity index (χ0v) is 20.8. The molecule has 1 N–H and O–H groups in total. The van der Waals surface area contributed by atoms with Crippen molar-refractivity contribution < 1.29 is 14.4 Å². The van der Waals surface area contributed by atoms with E-state index < -0.39 is 0 Å². The molecular formula is C27H33N3O3S. The minimum Gasteiger partial charge on any atom is -0.342 e.